The third kappa shape index (κ3) is 5.46. The van der Waals surface area contributed by atoms with Gasteiger partial charge in [0.1, 0.15) is 5.75 Å². The third-order valence-electron chi connectivity index (χ3n) is 5.85. The Bertz CT molecular complexity index is 1190. The molecule has 7 nitrogen and oxygen atoms in total. The van der Waals surface area contributed by atoms with Gasteiger partial charge in [0.15, 0.2) is 0 Å². The predicted molar refractivity (Wildman–Crippen MR) is 136 cm³/mol. The molecule has 0 unspecified atom stereocenters. The molecule has 0 spiro atoms. The van der Waals surface area contributed by atoms with E-state index in [-0.39, 0.29) is 18.0 Å². The molecule has 1 aromatic carbocycles. The van der Waals surface area contributed by atoms with Crippen LogP contribution in [0.4, 0.5) is 4.79 Å². The van der Waals surface area contributed by atoms with E-state index < -0.39 is 11.6 Å². The van der Waals surface area contributed by atoms with Gasteiger partial charge in [0.2, 0.25) is 0 Å². The quantitative estimate of drug-likeness (QED) is 0.397. The van der Waals surface area contributed by atoms with E-state index in [9.17, 15) is 14.7 Å². The maximum absolute atomic E-state index is 13.7. The number of aromatic nitrogens is 2. The lowest BCUT2D eigenvalue weighted by Crippen LogP contribution is -2.45. The first-order valence-electron chi connectivity index (χ1n) is 12.0. The number of carbonyl (C=O) groups is 1. The van der Waals surface area contributed by atoms with E-state index >= 15 is 0 Å². The Kier molecular flexibility index (Phi) is 7.75. The lowest BCUT2D eigenvalue weighted by atomic mass is 10.0. The summed E-state index contributed by atoms with van der Waals surface area (Å²) in [5, 5.41) is 11.3. The summed E-state index contributed by atoms with van der Waals surface area (Å²) in [5.74, 6) is 0.790. The SMILES string of the molecule is CCCCOc1c(CN(C(=O)O)C(C)(C)C)n(CC(C)C)c(=O)c2ccc(-n3cccc3)cc12. The zero-order valence-corrected chi connectivity index (χ0v) is 21.2. The van der Waals surface area contributed by atoms with Crippen molar-refractivity contribution in [2.24, 2.45) is 5.92 Å². The van der Waals surface area contributed by atoms with Crippen molar-refractivity contribution in [1.82, 2.24) is 14.0 Å². The fraction of sp³-hybridized carbons (Fsp3) is 0.481. The van der Waals surface area contributed by atoms with Crippen LogP contribution in [-0.4, -0.2) is 37.4 Å². The summed E-state index contributed by atoms with van der Waals surface area (Å²) in [7, 11) is 0. The van der Waals surface area contributed by atoms with Gasteiger partial charge in [-0.15, -0.1) is 0 Å². The van der Waals surface area contributed by atoms with Gasteiger partial charge in [-0.3, -0.25) is 9.69 Å². The Balaban J connectivity index is 2.33. The number of rotatable bonds is 9. The van der Waals surface area contributed by atoms with Gasteiger partial charge in [-0.2, -0.15) is 0 Å². The van der Waals surface area contributed by atoms with Crippen LogP contribution in [0.3, 0.4) is 0 Å². The monoisotopic (exact) mass is 467 g/mol. The lowest BCUT2D eigenvalue weighted by Gasteiger charge is -2.34. The first kappa shape index (κ1) is 25.4. The molecule has 0 aliphatic heterocycles. The second-order valence-corrected chi connectivity index (χ2v) is 10.1. The van der Waals surface area contributed by atoms with Crippen LogP contribution in [0.2, 0.25) is 0 Å². The molecule has 1 amide bonds. The van der Waals surface area contributed by atoms with Crippen LogP contribution in [0, 0.1) is 5.92 Å². The van der Waals surface area contributed by atoms with E-state index in [1.54, 1.807) is 4.57 Å². The van der Waals surface area contributed by atoms with Gasteiger partial charge in [0, 0.05) is 35.6 Å². The van der Waals surface area contributed by atoms with Crippen molar-refractivity contribution in [2.75, 3.05) is 6.61 Å². The van der Waals surface area contributed by atoms with Gasteiger partial charge in [-0.25, -0.2) is 4.79 Å². The average molecular weight is 468 g/mol. The maximum Gasteiger partial charge on any atom is 0.408 e. The van der Waals surface area contributed by atoms with Crippen molar-refractivity contribution in [3.05, 3.63) is 58.8 Å². The second kappa shape index (κ2) is 10.4. The highest BCUT2D eigenvalue weighted by Crippen LogP contribution is 2.33. The van der Waals surface area contributed by atoms with E-state index in [0.717, 1.165) is 18.5 Å². The number of unbranched alkanes of at least 4 members (excludes halogenated alkanes) is 1. The minimum atomic E-state index is -1.03. The molecule has 7 heteroatoms. The number of nitrogens with zero attached hydrogens (tertiary/aromatic N) is 3. The van der Waals surface area contributed by atoms with Crippen molar-refractivity contribution < 1.29 is 14.6 Å². The smallest absolute Gasteiger partial charge is 0.408 e. The molecule has 2 aromatic heterocycles. The van der Waals surface area contributed by atoms with E-state index in [2.05, 4.69) is 6.92 Å². The molecule has 1 N–H and O–H groups in total. The zero-order chi connectivity index (χ0) is 25.0. The number of hydrogen-bond donors (Lipinski definition) is 1. The fourth-order valence-corrected chi connectivity index (χ4v) is 4.06. The molecule has 0 radical (unpaired) electrons. The number of hydrogen-bond acceptors (Lipinski definition) is 3. The first-order valence-corrected chi connectivity index (χ1v) is 12.0. The molecule has 0 aliphatic carbocycles. The Labute approximate surface area is 201 Å². The molecular formula is C27H37N3O4. The number of fused-ring (bicyclic) bond motifs is 1. The van der Waals surface area contributed by atoms with Crippen LogP contribution in [0.25, 0.3) is 16.5 Å². The minimum Gasteiger partial charge on any atom is -0.491 e. The fourth-order valence-electron chi connectivity index (χ4n) is 4.06. The first-order chi connectivity index (χ1) is 16.0. The lowest BCUT2D eigenvalue weighted by molar-refractivity contribution is 0.0927. The normalized spacial score (nSPS) is 11.9. The van der Waals surface area contributed by atoms with Gasteiger partial charge in [-0.1, -0.05) is 27.2 Å². The molecule has 0 fully saturated rings. The van der Waals surface area contributed by atoms with Gasteiger partial charge in [-0.05, 0) is 63.4 Å². The standard InChI is InChI=1S/C27H37N3O4/c1-7-8-15-34-24-22-16-20(28-13-9-10-14-28)11-12-21(22)25(31)29(17-19(2)3)23(24)18-30(26(32)33)27(4,5)6/h9-14,16,19H,7-8,15,17-18H2,1-6H3,(H,32,33). The van der Waals surface area contributed by atoms with E-state index in [1.807, 2.05) is 81.9 Å². The topological polar surface area (TPSA) is 76.7 Å². The summed E-state index contributed by atoms with van der Waals surface area (Å²) in [6, 6.07) is 9.63. The van der Waals surface area contributed by atoms with Crippen molar-refractivity contribution in [3.63, 3.8) is 0 Å². The Morgan fingerprint density at radius 1 is 1.15 bits per heavy atom. The zero-order valence-electron chi connectivity index (χ0n) is 21.2. The highest BCUT2D eigenvalue weighted by Gasteiger charge is 2.30. The van der Waals surface area contributed by atoms with Gasteiger partial charge in [0.25, 0.3) is 5.56 Å². The molecular weight excluding hydrogens is 430 g/mol. The van der Waals surface area contributed by atoms with Crippen LogP contribution >= 0.6 is 0 Å². The highest BCUT2D eigenvalue weighted by molar-refractivity contribution is 5.90. The molecule has 3 aromatic rings. The van der Waals surface area contributed by atoms with Crippen molar-refractivity contribution in [1.29, 1.82) is 0 Å². The number of benzene rings is 1. The Morgan fingerprint density at radius 2 is 1.82 bits per heavy atom. The predicted octanol–water partition coefficient (Wildman–Crippen LogP) is 5.91. The number of amides is 1. The Hall–Kier alpha value is -3.22. The summed E-state index contributed by atoms with van der Waals surface area (Å²) >= 11 is 0. The van der Waals surface area contributed by atoms with Crippen molar-refractivity contribution in [2.45, 2.75) is 73.0 Å². The molecule has 34 heavy (non-hydrogen) atoms. The summed E-state index contributed by atoms with van der Waals surface area (Å²) in [5.41, 5.74) is 0.743. The molecule has 184 valence electrons. The van der Waals surface area contributed by atoms with Crippen molar-refractivity contribution in [3.8, 4) is 11.4 Å². The van der Waals surface area contributed by atoms with E-state index in [1.165, 1.54) is 4.90 Å². The summed E-state index contributed by atoms with van der Waals surface area (Å²) in [6.45, 7) is 12.8. The summed E-state index contributed by atoms with van der Waals surface area (Å²) in [6.07, 6.45) is 4.70. The maximum atomic E-state index is 13.7. The minimum absolute atomic E-state index is 0.0614. The number of carboxylic acid groups (broad SMARTS) is 1. The van der Waals surface area contributed by atoms with Gasteiger partial charge >= 0.3 is 6.09 Å². The van der Waals surface area contributed by atoms with Crippen LogP contribution in [0.1, 0.15) is 60.1 Å². The summed E-state index contributed by atoms with van der Waals surface area (Å²) in [4.78, 5) is 27.3. The molecule has 0 saturated heterocycles. The Morgan fingerprint density at radius 3 is 2.38 bits per heavy atom. The highest BCUT2D eigenvalue weighted by atomic mass is 16.5. The largest absolute Gasteiger partial charge is 0.491 e. The number of ether oxygens (including phenoxy) is 1. The third-order valence-corrected chi connectivity index (χ3v) is 5.85. The van der Waals surface area contributed by atoms with Crippen LogP contribution in [0.5, 0.6) is 5.75 Å². The van der Waals surface area contributed by atoms with E-state index in [4.69, 9.17) is 4.74 Å². The van der Waals surface area contributed by atoms with Crippen LogP contribution in [-0.2, 0) is 13.1 Å². The summed E-state index contributed by atoms with van der Waals surface area (Å²) < 4.78 is 10.0. The molecule has 0 atom stereocenters. The van der Waals surface area contributed by atoms with Gasteiger partial charge < -0.3 is 19.0 Å². The average Bonchev–Trinajstić information content (AvgIpc) is 3.29. The molecule has 2 heterocycles. The second-order valence-electron chi connectivity index (χ2n) is 10.1. The molecule has 3 rings (SSSR count). The molecule has 0 aliphatic rings. The molecule has 0 bridgehead atoms. The van der Waals surface area contributed by atoms with Crippen molar-refractivity contribution >= 4 is 16.9 Å². The number of pyridine rings is 1. The van der Waals surface area contributed by atoms with Crippen LogP contribution in [0.15, 0.2) is 47.5 Å². The van der Waals surface area contributed by atoms with E-state index in [0.29, 0.717) is 35.4 Å². The van der Waals surface area contributed by atoms with Crippen LogP contribution < -0.4 is 10.3 Å². The molecule has 0 saturated carbocycles. The van der Waals surface area contributed by atoms with Gasteiger partial charge in [0.05, 0.1) is 24.2 Å².